The molecule has 0 amide bonds. The van der Waals surface area contributed by atoms with Crippen LogP contribution in [0.2, 0.25) is 0 Å². The third kappa shape index (κ3) is 6.94. The first-order valence-corrected chi connectivity index (χ1v) is 14.3. The highest BCUT2D eigenvalue weighted by Crippen LogP contribution is 2.29. The maximum Gasteiger partial charge on any atom is 0.322 e. The number of benzene rings is 2. The quantitative estimate of drug-likeness (QED) is 0.346. The highest BCUT2D eigenvalue weighted by atomic mass is 32.2. The Morgan fingerprint density at radius 2 is 1.86 bits per heavy atom. The van der Waals surface area contributed by atoms with Gasteiger partial charge in [0, 0.05) is 30.1 Å². The molecule has 4 rings (SSSR count). The third-order valence-corrected chi connectivity index (χ3v) is 8.50. The number of sulfonamides is 1. The number of aromatic nitrogens is 1. The van der Waals surface area contributed by atoms with Crippen molar-refractivity contribution < 1.29 is 23.1 Å². The first-order chi connectivity index (χ1) is 17.9. The molecular formula is C29H34N2O5S. The minimum absolute atomic E-state index is 0.0254. The largest absolute Gasteiger partial charge is 0.481 e. The Kier molecular flexibility index (Phi) is 8.91. The van der Waals surface area contributed by atoms with Crippen LogP contribution in [-0.4, -0.2) is 36.7 Å². The van der Waals surface area contributed by atoms with Gasteiger partial charge in [-0.25, -0.2) is 8.42 Å². The Balaban J connectivity index is 1.50. The second-order valence-electron chi connectivity index (χ2n) is 9.56. The number of nitrogens with zero attached hydrogens (tertiary/aromatic N) is 1. The Hall–Kier alpha value is -3.28. The molecule has 0 aliphatic heterocycles. The highest BCUT2D eigenvalue weighted by molar-refractivity contribution is 7.89. The molecule has 1 saturated carbocycles. The molecule has 1 fully saturated rings. The number of rotatable bonds is 11. The number of carbonyl (C=O) groups is 1. The number of hydrogen-bond donors (Lipinski definition) is 2. The number of carboxylic acids is 1. The van der Waals surface area contributed by atoms with Gasteiger partial charge in [0.15, 0.2) is 0 Å². The number of aryl methyl sites for hydroxylation is 1. The summed E-state index contributed by atoms with van der Waals surface area (Å²) >= 11 is 0. The molecule has 3 aromatic rings. The molecule has 2 aromatic carbocycles. The monoisotopic (exact) mass is 522 g/mol. The lowest BCUT2D eigenvalue weighted by Crippen LogP contribution is -2.42. The molecule has 8 heteroatoms. The van der Waals surface area contributed by atoms with Crippen LogP contribution in [0.3, 0.4) is 0 Å². The average molecular weight is 523 g/mol. The van der Waals surface area contributed by atoms with E-state index in [1.807, 2.05) is 30.5 Å². The predicted octanol–water partition coefficient (Wildman–Crippen LogP) is 4.99. The van der Waals surface area contributed by atoms with Crippen molar-refractivity contribution in [3.05, 3.63) is 60.3 Å². The van der Waals surface area contributed by atoms with Crippen LogP contribution in [0.5, 0.6) is 5.75 Å². The van der Waals surface area contributed by atoms with E-state index < -0.39 is 22.0 Å². The summed E-state index contributed by atoms with van der Waals surface area (Å²) in [7, 11) is -4.06. The van der Waals surface area contributed by atoms with Crippen molar-refractivity contribution in [1.29, 1.82) is 0 Å². The number of para-hydroxylation sites is 1. The van der Waals surface area contributed by atoms with Crippen LogP contribution >= 0.6 is 0 Å². The summed E-state index contributed by atoms with van der Waals surface area (Å²) in [5, 5.41) is 10.8. The minimum atomic E-state index is -4.06. The summed E-state index contributed by atoms with van der Waals surface area (Å²) in [6.07, 6.45) is 9.59. The molecule has 7 nitrogen and oxygen atoms in total. The zero-order valence-corrected chi connectivity index (χ0v) is 22.0. The van der Waals surface area contributed by atoms with Gasteiger partial charge in [-0.2, -0.15) is 4.72 Å². The van der Waals surface area contributed by atoms with Gasteiger partial charge in [-0.05, 0) is 55.2 Å². The first kappa shape index (κ1) is 26.8. The van der Waals surface area contributed by atoms with Gasteiger partial charge in [-0.15, -0.1) is 5.92 Å². The van der Waals surface area contributed by atoms with E-state index in [-0.39, 0.29) is 17.9 Å². The second-order valence-corrected chi connectivity index (χ2v) is 11.3. The van der Waals surface area contributed by atoms with E-state index in [1.54, 1.807) is 6.92 Å². The van der Waals surface area contributed by atoms with E-state index in [9.17, 15) is 18.3 Å². The summed E-state index contributed by atoms with van der Waals surface area (Å²) in [6.45, 7) is 2.78. The molecule has 196 valence electrons. The fraction of sp³-hybridized carbons (Fsp3) is 0.414. The number of carboxylic acid groups (broad SMARTS) is 1. The number of hydrogen-bond acceptors (Lipinski definition) is 4. The van der Waals surface area contributed by atoms with Crippen molar-refractivity contribution in [2.45, 2.75) is 69.4 Å². The van der Waals surface area contributed by atoms with E-state index in [4.69, 9.17) is 4.74 Å². The molecular weight excluding hydrogens is 488 g/mol. The van der Waals surface area contributed by atoms with Crippen molar-refractivity contribution in [2.75, 3.05) is 6.61 Å². The van der Waals surface area contributed by atoms with Crippen LogP contribution in [-0.2, 0) is 27.8 Å². The standard InChI is InChI=1S/C29H34N2O5S/c1-2-3-19-36-24-13-15-25(16-14-24)37(34,35)30-27(29(32)33)20-23-21-31(28-12-8-7-11-26(23)28)18-17-22-9-5-4-6-10-22/h7-8,11-16,21-22,27,30H,4-6,9-10,17-20H2,1H3,(H,32,33)/t27-/m1/s1. The molecule has 0 radical (unpaired) electrons. The Bertz CT molecular complexity index is 1380. The van der Waals surface area contributed by atoms with Crippen LogP contribution in [0.25, 0.3) is 10.9 Å². The fourth-order valence-corrected chi connectivity index (χ4v) is 6.22. The fourth-order valence-electron chi connectivity index (χ4n) is 5.03. The Morgan fingerprint density at radius 3 is 2.57 bits per heavy atom. The van der Waals surface area contributed by atoms with Gasteiger partial charge in [-0.3, -0.25) is 4.79 Å². The zero-order valence-electron chi connectivity index (χ0n) is 21.2. The van der Waals surface area contributed by atoms with Crippen LogP contribution in [0.4, 0.5) is 0 Å². The summed E-state index contributed by atoms with van der Waals surface area (Å²) in [4.78, 5) is 12.1. The van der Waals surface area contributed by atoms with Crippen molar-refractivity contribution >= 4 is 26.9 Å². The van der Waals surface area contributed by atoms with Crippen molar-refractivity contribution in [3.8, 4) is 17.6 Å². The Labute approximate surface area is 218 Å². The number of nitrogens with one attached hydrogen (secondary N) is 1. The normalized spacial score (nSPS) is 15.2. The average Bonchev–Trinajstić information content (AvgIpc) is 3.25. The summed E-state index contributed by atoms with van der Waals surface area (Å²) in [6, 6.07) is 12.4. The molecule has 1 aliphatic carbocycles. The van der Waals surface area contributed by atoms with Crippen LogP contribution < -0.4 is 9.46 Å². The van der Waals surface area contributed by atoms with Gasteiger partial charge in [-0.1, -0.05) is 56.2 Å². The van der Waals surface area contributed by atoms with E-state index in [0.717, 1.165) is 35.3 Å². The molecule has 0 saturated heterocycles. The van der Waals surface area contributed by atoms with Crippen molar-refractivity contribution in [3.63, 3.8) is 0 Å². The predicted molar refractivity (Wildman–Crippen MR) is 144 cm³/mol. The van der Waals surface area contributed by atoms with Gasteiger partial charge < -0.3 is 14.4 Å². The lowest BCUT2D eigenvalue weighted by atomic mass is 9.87. The number of fused-ring (bicyclic) bond motifs is 1. The molecule has 37 heavy (non-hydrogen) atoms. The van der Waals surface area contributed by atoms with Gasteiger partial charge in [0.1, 0.15) is 18.4 Å². The third-order valence-electron chi connectivity index (χ3n) is 7.02. The molecule has 1 heterocycles. The molecule has 2 N–H and O–H groups in total. The summed E-state index contributed by atoms with van der Waals surface area (Å²) in [5.41, 5.74) is 1.86. The lowest BCUT2D eigenvalue weighted by Gasteiger charge is -2.21. The second kappa shape index (κ2) is 12.3. The smallest absolute Gasteiger partial charge is 0.322 e. The Morgan fingerprint density at radius 1 is 1.14 bits per heavy atom. The van der Waals surface area contributed by atoms with Crippen molar-refractivity contribution in [2.24, 2.45) is 5.92 Å². The number of aliphatic carboxylic acids is 1. The number of ether oxygens (including phenoxy) is 1. The lowest BCUT2D eigenvalue weighted by molar-refractivity contribution is -0.138. The van der Waals surface area contributed by atoms with E-state index in [2.05, 4.69) is 21.1 Å². The highest BCUT2D eigenvalue weighted by Gasteiger charge is 2.27. The molecule has 0 spiro atoms. The molecule has 1 aliphatic rings. The van der Waals surface area contributed by atoms with Crippen molar-refractivity contribution in [1.82, 2.24) is 9.29 Å². The topological polar surface area (TPSA) is 97.6 Å². The summed E-state index contributed by atoms with van der Waals surface area (Å²) in [5.74, 6) is 5.49. The van der Waals surface area contributed by atoms with Crippen LogP contribution in [0.1, 0.15) is 51.0 Å². The van der Waals surface area contributed by atoms with Gasteiger partial charge in [0.05, 0.1) is 4.90 Å². The SMILES string of the molecule is CC#CCOc1ccc(S(=O)(=O)N[C@H](Cc2cn(CCC3CCCCC3)c3ccccc23)C(=O)O)cc1. The summed E-state index contributed by atoms with van der Waals surface area (Å²) < 4.78 is 36.0. The van der Waals surface area contributed by atoms with E-state index in [0.29, 0.717) is 5.75 Å². The van der Waals surface area contributed by atoms with Gasteiger partial charge in [0.2, 0.25) is 10.0 Å². The van der Waals surface area contributed by atoms with Crippen LogP contribution in [0.15, 0.2) is 59.6 Å². The molecule has 1 atom stereocenters. The molecule has 1 aromatic heterocycles. The maximum absolute atomic E-state index is 13.0. The maximum atomic E-state index is 13.0. The van der Waals surface area contributed by atoms with Gasteiger partial charge in [0.25, 0.3) is 0 Å². The van der Waals surface area contributed by atoms with E-state index >= 15 is 0 Å². The molecule has 0 bridgehead atoms. The molecule has 0 unspecified atom stereocenters. The van der Waals surface area contributed by atoms with Gasteiger partial charge >= 0.3 is 5.97 Å². The minimum Gasteiger partial charge on any atom is -0.481 e. The zero-order chi connectivity index (χ0) is 26.3. The van der Waals surface area contributed by atoms with Crippen LogP contribution in [0, 0.1) is 17.8 Å². The first-order valence-electron chi connectivity index (χ1n) is 12.8. The van der Waals surface area contributed by atoms with E-state index in [1.165, 1.54) is 56.4 Å².